The van der Waals surface area contributed by atoms with E-state index in [1.807, 2.05) is 11.4 Å². The lowest BCUT2D eigenvalue weighted by Gasteiger charge is -2.09. The van der Waals surface area contributed by atoms with Gasteiger partial charge in [-0.25, -0.2) is 9.97 Å². The van der Waals surface area contributed by atoms with Gasteiger partial charge in [0.15, 0.2) is 5.75 Å². The van der Waals surface area contributed by atoms with E-state index in [0.29, 0.717) is 23.1 Å². The van der Waals surface area contributed by atoms with Gasteiger partial charge in [0.25, 0.3) is 0 Å². The van der Waals surface area contributed by atoms with E-state index < -0.39 is 0 Å². The molecule has 2 N–H and O–H groups in total. The van der Waals surface area contributed by atoms with Crippen molar-refractivity contribution < 1.29 is 9.47 Å². The monoisotopic (exact) mass is 273 g/mol. The van der Waals surface area contributed by atoms with E-state index in [-0.39, 0.29) is 0 Å². The third kappa shape index (κ3) is 2.17. The Balaban J connectivity index is 2.03. The lowest BCUT2D eigenvalue weighted by molar-refractivity contribution is 0.408. The maximum absolute atomic E-state index is 5.89. The second-order valence-corrected chi connectivity index (χ2v) is 4.72. The number of hydrogen-bond donors (Lipinski definition) is 1. The molecule has 19 heavy (non-hydrogen) atoms. The number of methoxy groups -OCH3 is 1. The fourth-order valence-electron chi connectivity index (χ4n) is 1.68. The van der Waals surface area contributed by atoms with Crippen molar-refractivity contribution in [1.29, 1.82) is 0 Å². The Kier molecular flexibility index (Phi) is 2.92. The van der Waals surface area contributed by atoms with Crippen molar-refractivity contribution >= 4 is 27.2 Å². The van der Waals surface area contributed by atoms with E-state index in [4.69, 9.17) is 15.2 Å². The number of nitrogens with two attached hydrogens (primary N) is 1. The molecule has 0 saturated heterocycles. The van der Waals surface area contributed by atoms with E-state index in [1.54, 1.807) is 25.3 Å². The zero-order valence-corrected chi connectivity index (χ0v) is 11.0. The second kappa shape index (κ2) is 4.74. The van der Waals surface area contributed by atoms with Crippen LogP contribution in [0.25, 0.3) is 10.2 Å². The summed E-state index contributed by atoms with van der Waals surface area (Å²) in [7, 11) is 1.59. The highest BCUT2D eigenvalue weighted by molar-refractivity contribution is 7.16. The summed E-state index contributed by atoms with van der Waals surface area (Å²) in [5.74, 6) is 1.69. The number of benzene rings is 1. The van der Waals surface area contributed by atoms with Gasteiger partial charge in [0, 0.05) is 6.07 Å². The fourth-order valence-corrected chi connectivity index (χ4v) is 2.41. The van der Waals surface area contributed by atoms with Crippen LogP contribution in [0.15, 0.2) is 36.0 Å². The van der Waals surface area contributed by atoms with Crippen molar-refractivity contribution in [3.63, 3.8) is 0 Å². The summed E-state index contributed by atoms with van der Waals surface area (Å²) in [4.78, 5) is 9.20. The summed E-state index contributed by atoms with van der Waals surface area (Å²) in [5, 5.41) is 2.82. The van der Waals surface area contributed by atoms with Crippen LogP contribution in [0.5, 0.6) is 17.4 Å². The molecule has 3 rings (SSSR count). The molecule has 0 aliphatic heterocycles. The number of ether oxygens (including phenoxy) is 2. The number of rotatable bonds is 3. The van der Waals surface area contributed by atoms with Crippen LogP contribution in [0.1, 0.15) is 0 Å². The van der Waals surface area contributed by atoms with E-state index in [2.05, 4.69) is 9.97 Å². The van der Waals surface area contributed by atoms with Gasteiger partial charge < -0.3 is 15.2 Å². The minimum absolute atomic E-state index is 0.492. The van der Waals surface area contributed by atoms with Crippen LogP contribution >= 0.6 is 11.3 Å². The van der Waals surface area contributed by atoms with Crippen molar-refractivity contribution in [2.75, 3.05) is 12.8 Å². The third-order valence-electron chi connectivity index (χ3n) is 2.65. The number of thiophene rings is 1. The van der Waals surface area contributed by atoms with Crippen molar-refractivity contribution in [3.8, 4) is 17.4 Å². The standard InChI is InChI=1S/C13H11N3O2S/c1-17-8-2-3-10(14)11(6-8)18-12-9-4-5-19-13(9)16-7-15-12/h2-7H,14H2,1H3. The number of aromatic nitrogens is 2. The molecule has 0 saturated carbocycles. The van der Waals surface area contributed by atoms with E-state index in [1.165, 1.54) is 17.7 Å². The molecule has 0 aliphatic rings. The molecular weight excluding hydrogens is 262 g/mol. The van der Waals surface area contributed by atoms with Gasteiger partial charge in [0.2, 0.25) is 5.88 Å². The van der Waals surface area contributed by atoms with Gasteiger partial charge in [0.1, 0.15) is 16.9 Å². The Bertz CT molecular complexity index is 727. The Labute approximate surface area is 113 Å². The summed E-state index contributed by atoms with van der Waals surface area (Å²) in [6.07, 6.45) is 1.48. The van der Waals surface area contributed by atoms with E-state index in [0.717, 1.165) is 10.2 Å². The average Bonchev–Trinajstić information content (AvgIpc) is 2.90. The summed E-state index contributed by atoms with van der Waals surface area (Å²) in [6, 6.07) is 7.17. The van der Waals surface area contributed by atoms with Gasteiger partial charge in [0.05, 0.1) is 18.2 Å². The number of fused-ring (bicyclic) bond motifs is 1. The number of hydrogen-bond acceptors (Lipinski definition) is 6. The van der Waals surface area contributed by atoms with Crippen LogP contribution < -0.4 is 15.2 Å². The normalized spacial score (nSPS) is 10.6. The number of nitrogens with zero attached hydrogens (tertiary/aromatic N) is 2. The van der Waals surface area contributed by atoms with Gasteiger partial charge in [-0.15, -0.1) is 11.3 Å². The Morgan fingerprint density at radius 3 is 2.95 bits per heavy atom. The van der Waals surface area contributed by atoms with Crippen molar-refractivity contribution in [2.24, 2.45) is 0 Å². The van der Waals surface area contributed by atoms with Crippen molar-refractivity contribution in [1.82, 2.24) is 9.97 Å². The molecule has 3 aromatic rings. The predicted molar refractivity (Wildman–Crippen MR) is 74.9 cm³/mol. The summed E-state index contributed by atoms with van der Waals surface area (Å²) < 4.78 is 10.9. The zero-order chi connectivity index (χ0) is 13.2. The lowest BCUT2D eigenvalue weighted by Crippen LogP contribution is -1.95. The van der Waals surface area contributed by atoms with Crippen LogP contribution in [0.2, 0.25) is 0 Å². The topological polar surface area (TPSA) is 70.3 Å². The maximum Gasteiger partial charge on any atom is 0.231 e. The van der Waals surface area contributed by atoms with Crippen molar-refractivity contribution in [2.45, 2.75) is 0 Å². The number of anilines is 1. The van der Waals surface area contributed by atoms with Gasteiger partial charge in [-0.1, -0.05) is 0 Å². The molecule has 6 heteroatoms. The zero-order valence-electron chi connectivity index (χ0n) is 10.2. The molecule has 2 heterocycles. The minimum atomic E-state index is 0.492. The largest absolute Gasteiger partial charge is 0.497 e. The average molecular weight is 273 g/mol. The minimum Gasteiger partial charge on any atom is -0.497 e. The molecule has 1 aromatic carbocycles. The maximum atomic E-state index is 5.89. The predicted octanol–water partition coefficient (Wildman–Crippen LogP) is 3.07. The first-order chi connectivity index (χ1) is 9.28. The Morgan fingerprint density at radius 1 is 1.21 bits per heavy atom. The van der Waals surface area contributed by atoms with E-state index >= 15 is 0 Å². The highest BCUT2D eigenvalue weighted by atomic mass is 32.1. The van der Waals surface area contributed by atoms with Gasteiger partial charge in [-0.05, 0) is 23.6 Å². The molecule has 0 radical (unpaired) electrons. The SMILES string of the molecule is COc1ccc(N)c(Oc2ncnc3sccc23)c1. The van der Waals surface area contributed by atoms with Crippen molar-refractivity contribution in [3.05, 3.63) is 36.0 Å². The molecule has 2 aromatic heterocycles. The molecule has 0 spiro atoms. The van der Waals surface area contributed by atoms with Crippen LogP contribution in [-0.2, 0) is 0 Å². The van der Waals surface area contributed by atoms with Crippen LogP contribution in [0.4, 0.5) is 5.69 Å². The molecule has 0 aliphatic carbocycles. The lowest BCUT2D eigenvalue weighted by atomic mass is 10.3. The van der Waals surface area contributed by atoms with Crippen LogP contribution in [-0.4, -0.2) is 17.1 Å². The molecule has 0 atom stereocenters. The molecule has 5 nitrogen and oxygen atoms in total. The molecule has 96 valence electrons. The highest BCUT2D eigenvalue weighted by Crippen LogP contribution is 2.34. The fraction of sp³-hybridized carbons (Fsp3) is 0.0769. The highest BCUT2D eigenvalue weighted by Gasteiger charge is 2.10. The third-order valence-corrected chi connectivity index (χ3v) is 3.47. The smallest absolute Gasteiger partial charge is 0.231 e. The first-order valence-electron chi connectivity index (χ1n) is 5.57. The summed E-state index contributed by atoms with van der Waals surface area (Å²) in [6.45, 7) is 0. The molecule has 0 bridgehead atoms. The Morgan fingerprint density at radius 2 is 2.11 bits per heavy atom. The molecule has 0 fully saturated rings. The molecular formula is C13H11N3O2S. The van der Waals surface area contributed by atoms with Crippen LogP contribution in [0.3, 0.4) is 0 Å². The summed E-state index contributed by atoms with van der Waals surface area (Å²) in [5.41, 5.74) is 6.42. The quantitative estimate of drug-likeness (QED) is 0.742. The Hall–Kier alpha value is -2.34. The van der Waals surface area contributed by atoms with Crippen LogP contribution in [0, 0.1) is 0 Å². The molecule has 0 unspecified atom stereocenters. The van der Waals surface area contributed by atoms with Gasteiger partial charge in [-0.2, -0.15) is 0 Å². The number of nitrogen functional groups attached to an aromatic ring is 1. The first-order valence-corrected chi connectivity index (χ1v) is 6.45. The first kappa shape index (κ1) is 11.7. The summed E-state index contributed by atoms with van der Waals surface area (Å²) >= 11 is 1.54. The van der Waals surface area contributed by atoms with Gasteiger partial charge in [-0.3, -0.25) is 0 Å². The van der Waals surface area contributed by atoms with E-state index in [9.17, 15) is 0 Å². The second-order valence-electron chi connectivity index (χ2n) is 3.82. The van der Waals surface area contributed by atoms with Gasteiger partial charge >= 0.3 is 0 Å². The molecule has 0 amide bonds.